The Bertz CT molecular complexity index is 882. The summed E-state index contributed by atoms with van der Waals surface area (Å²) < 4.78 is 10.8. The molecular weight excluding hydrogens is 372 g/mol. The lowest BCUT2D eigenvalue weighted by Gasteiger charge is -2.35. The van der Waals surface area contributed by atoms with Crippen LogP contribution in [0.3, 0.4) is 0 Å². The van der Waals surface area contributed by atoms with Gasteiger partial charge in [-0.2, -0.15) is 4.98 Å². The molecule has 29 heavy (non-hydrogen) atoms. The fraction of sp³-hybridized carbons (Fsp3) is 0.600. The van der Waals surface area contributed by atoms with E-state index in [1.165, 1.54) is 0 Å². The van der Waals surface area contributed by atoms with Crippen LogP contribution in [-0.4, -0.2) is 78.4 Å². The first-order valence-corrected chi connectivity index (χ1v) is 10.4. The molecule has 1 aliphatic carbocycles. The van der Waals surface area contributed by atoms with Gasteiger partial charge in [0.2, 0.25) is 5.95 Å². The molecule has 154 valence electrons. The molecule has 0 atom stereocenters. The van der Waals surface area contributed by atoms with Gasteiger partial charge in [-0.25, -0.2) is 4.98 Å². The number of aryl methyl sites for hydroxylation is 1. The maximum atomic E-state index is 12.7. The first kappa shape index (κ1) is 18.4. The minimum absolute atomic E-state index is 0.0560. The number of ether oxygens (including phenoxy) is 1. The molecular formula is C20H26N6O3. The standard InChI is InChI=1S/C20H26N6O3/c1-14-12-18(24-8-10-28-11-9-24)22-20(21-14)26-6-4-25(5-7-26)19(27)16-13-17(29-23-16)15-2-3-15/h12-13,15H,2-11H2,1H3. The van der Waals surface area contributed by atoms with E-state index in [1.54, 1.807) is 0 Å². The smallest absolute Gasteiger partial charge is 0.276 e. The largest absolute Gasteiger partial charge is 0.378 e. The summed E-state index contributed by atoms with van der Waals surface area (Å²) in [5.41, 5.74) is 1.37. The zero-order chi connectivity index (χ0) is 19.8. The molecule has 9 heteroatoms. The summed E-state index contributed by atoms with van der Waals surface area (Å²) in [5, 5.41) is 3.98. The van der Waals surface area contributed by atoms with Crippen molar-refractivity contribution in [1.82, 2.24) is 20.0 Å². The van der Waals surface area contributed by atoms with Crippen LogP contribution < -0.4 is 9.80 Å². The van der Waals surface area contributed by atoms with Crippen molar-refractivity contribution >= 4 is 17.7 Å². The van der Waals surface area contributed by atoms with Gasteiger partial charge in [-0.15, -0.1) is 0 Å². The molecule has 2 aromatic rings. The number of rotatable bonds is 4. The summed E-state index contributed by atoms with van der Waals surface area (Å²) in [7, 11) is 0. The number of nitrogens with zero attached hydrogens (tertiary/aromatic N) is 6. The number of hydrogen-bond acceptors (Lipinski definition) is 8. The lowest BCUT2D eigenvalue weighted by molar-refractivity contribution is 0.0735. The maximum absolute atomic E-state index is 12.7. The van der Waals surface area contributed by atoms with Gasteiger partial charge in [0, 0.05) is 63.0 Å². The van der Waals surface area contributed by atoms with E-state index in [0.29, 0.717) is 37.8 Å². The number of carbonyl (C=O) groups excluding carboxylic acids is 1. The Morgan fingerprint density at radius 1 is 1.00 bits per heavy atom. The van der Waals surface area contributed by atoms with Crippen molar-refractivity contribution in [3.63, 3.8) is 0 Å². The first-order chi connectivity index (χ1) is 14.2. The molecule has 4 heterocycles. The van der Waals surface area contributed by atoms with Crippen LogP contribution in [0.15, 0.2) is 16.7 Å². The molecule has 0 radical (unpaired) electrons. The van der Waals surface area contributed by atoms with Crippen molar-refractivity contribution < 1.29 is 14.1 Å². The van der Waals surface area contributed by atoms with E-state index in [0.717, 1.165) is 62.4 Å². The van der Waals surface area contributed by atoms with Crippen LogP contribution in [0, 0.1) is 6.92 Å². The predicted octanol–water partition coefficient (Wildman–Crippen LogP) is 1.45. The van der Waals surface area contributed by atoms with Crippen LogP contribution in [0.4, 0.5) is 11.8 Å². The molecule has 2 aromatic heterocycles. The van der Waals surface area contributed by atoms with E-state index in [4.69, 9.17) is 14.2 Å². The highest BCUT2D eigenvalue weighted by Gasteiger charge is 2.31. The van der Waals surface area contributed by atoms with Crippen molar-refractivity contribution in [3.05, 3.63) is 29.3 Å². The summed E-state index contributed by atoms with van der Waals surface area (Å²) in [6, 6.07) is 3.83. The molecule has 3 fully saturated rings. The van der Waals surface area contributed by atoms with Crippen molar-refractivity contribution in [2.45, 2.75) is 25.7 Å². The molecule has 5 rings (SSSR count). The van der Waals surface area contributed by atoms with Gasteiger partial charge in [0.15, 0.2) is 5.69 Å². The van der Waals surface area contributed by atoms with Crippen molar-refractivity contribution in [2.75, 3.05) is 62.3 Å². The molecule has 2 saturated heterocycles. The van der Waals surface area contributed by atoms with Gasteiger partial charge in [0.05, 0.1) is 13.2 Å². The van der Waals surface area contributed by atoms with Gasteiger partial charge in [-0.1, -0.05) is 5.16 Å². The highest BCUT2D eigenvalue weighted by Crippen LogP contribution is 2.40. The lowest BCUT2D eigenvalue weighted by atomic mass is 10.2. The number of anilines is 2. The van der Waals surface area contributed by atoms with Crippen LogP contribution in [0.5, 0.6) is 0 Å². The van der Waals surface area contributed by atoms with Crippen LogP contribution in [0.25, 0.3) is 0 Å². The molecule has 0 spiro atoms. The van der Waals surface area contributed by atoms with Gasteiger partial charge in [0.1, 0.15) is 11.6 Å². The SMILES string of the molecule is Cc1cc(N2CCOCC2)nc(N2CCN(C(=O)c3cc(C4CC4)on3)CC2)n1. The number of aromatic nitrogens is 3. The summed E-state index contributed by atoms with van der Waals surface area (Å²) >= 11 is 0. The second kappa shape index (κ2) is 7.62. The highest BCUT2D eigenvalue weighted by atomic mass is 16.5. The van der Waals surface area contributed by atoms with Crippen molar-refractivity contribution in [3.8, 4) is 0 Å². The minimum Gasteiger partial charge on any atom is -0.378 e. The van der Waals surface area contributed by atoms with Crippen LogP contribution >= 0.6 is 0 Å². The van der Waals surface area contributed by atoms with Gasteiger partial charge >= 0.3 is 0 Å². The van der Waals surface area contributed by atoms with E-state index in [1.807, 2.05) is 24.0 Å². The first-order valence-electron chi connectivity index (χ1n) is 10.4. The average Bonchev–Trinajstić information content (AvgIpc) is 3.50. The fourth-order valence-electron chi connectivity index (χ4n) is 3.85. The fourth-order valence-corrected chi connectivity index (χ4v) is 3.85. The van der Waals surface area contributed by atoms with Crippen molar-refractivity contribution in [1.29, 1.82) is 0 Å². The summed E-state index contributed by atoms with van der Waals surface area (Å²) in [6.45, 7) is 7.78. The van der Waals surface area contributed by atoms with Gasteiger partial charge in [-0.3, -0.25) is 4.79 Å². The normalized spacial score (nSPS) is 20.2. The number of carbonyl (C=O) groups is 1. The predicted molar refractivity (Wildman–Crippen MR) is 106 cm³/mol. The highest BCUT2D eigenvalue weighted by molar-refractivity contribution is 5.92. The van der Waals surface area contributed by atoms with E-state index < -0.39 is 0 Å². The quantitative estimate of drug-likeness (QED) is 0.765. The molecule has 3 aliphatic rings. The molecule has 1 amide bonds. The zero-order valence-corrected chi connectivity index (χ0v) is 16.7. The second-order valence-electron chi connectivity index (χ2n) is 7.93. The Balaban J connectivity index is 1.24. The third-order valence-corrected chi connectivity index (χ3v) is 5.74. The lowest BCUT2D eigenvalue weighted by Crippen LogP contribution is -2.49. The third kappa shape index (κ3) is 3.91. The van der Waals surface area contributed by atoms with E-state index >= 15 is 0 Å². The molecule has 0 N–H and O–H groups in total. The molecule has 1 saturated carbocycles. The Morgan fingerprint density at radius 3 is 2.48 bits per heavy atom. The Kier molecular flexibility index (Phi) is 4.83. The van der Waals surface area contributed by atoms with Crippen LogP contribution in [-0.2, 0) is 4.74 Å². The summed E-state index contributed by atoms with van der Waals surface area (Å²) in [4.78, 5) is 28.4. The molecule has 0 aromatic carbocycles. The molecule has 0 unspecified atom stereocenters. The second-order valence-corrected chi connectivity index (χ2v) is 7.93. The van der Waals surface area contributed by atoms with Crippen LogP contribution in [0.2, 0.25) is 0 Å². The maximum Gasteiger partial charge on any atom is 0.276 e. The Labute approximate surface area is 169 Å². The molecule has 9 nitrogen and oxygen atoms in total. The van der Waals surface area contributed by atoms with Gasteiger partial charge in [0.25, 0.3) is 5.91 Å². The topological polar surface area (TPSA) is 87.8 Å². The number of hydrogen-bond donors (Lipinski definition) is 0. The van der Waals surface area contributed by atoms with E-state index in [2.05, 4.69) is 19.9 Å². The molecule has 0 bridgehead atoms. The number of morpholine rings is 1. The van der Waals surface area contributed by atoms with E-state index in [9.17, 15) is 4.79 Å². The monoisotopic (exact) mass is 398 g/mol. The minimum atomic E-state index is -0.0560. The summed E-state index contributed by atoms with van der Waals surface area (Å²) in [5.74, 6) is 2.93. The number of piperazine rings is 1. The molecule has 2 aliphatic heterocycles. The Morgan fingerprint density at radius 2 is 1.76 bits per heavy atom. The third-order valence-electron chi connectivity index (χ3n) is 5.74. The van der Waals surface area contributed by atoms with Gasteiger partial charge < -0.3 is 24.0 Å². The Hall–Kier alpha value is -2.68. The summed E-state index contributed by atoms with van der Waals surface area (Å²) in [6.07, 6.45) is 2.26. The van der Waals surface area contributed by atoms with E-state index in [-0.39, 0.29) is 5.91 Å². The number of amides is 1. The van der Waals surface area contributed by atoms with Crippen molar-refractivity contribution in [2.24, 2.45) is 0 Å². The average molecular weight is 398 g/mol. The van der Waals surface area contributed by atoms with Gasteiger partial charge in [-0.05, 0) is 19.8 Å². The zero-order valence-electron chi connectivity index (χ0n) is 16.7. The van der Waals surface area contributed by atoms with Crippen LogP contribution in [0.1, 0.15) is 40.7 Å².